The zero-order valence-electron chi connectivity index (χ0n) is 27.5. The van der Waals surface area contributed by atoms with E-state index in [4.69, 9.17) is 26.8 Å². The topological polar surface area (TPSA) is 103 Å². The summed E-state index contributed by atoms with van der Waals surface area (Å²) in [5.74, 6) is 0.736. The van der Waals surface area contributed by atoms with Crippen LogP contribution in [0.1, 0.15) is 45.9 Å². The lowest BCUT2D eigenvalue weighted by Crippen LogP contribution is -2.31. The predicted octanol–water partition coefficient (Wildman–Crippen LogP) is 8.18. The van der Waals surface area contributed by atoms with Crippen LogP contribution in [0.4, 0.5) is 5.82 Å². The van der Waals surface area contributed by atoms with Crippen molar-refractivity contribution in [2.45, 2.75) is 53.6 Å². The van der Waals surface area contributed by atoms with Crippen molar-refractivity contribution >= 4 is 28.2 Å². The Morgan fingerprint density at radius 3 is 2.02 bits per heavy atom. The number of pyridine rings is 3. The molecular formula is C36H48ClN5O2. The number of anilines is 1. The van der Waals surface area contributed by atoms with Gasteiger partial charge in [0.15, 0.2) is 0 Å². The van der Waals surface area contributed by atoms with Crippen LogP contribution in [0.3, 0.4) is 0 Å². The van der Waals surface area contributed by atoms with Crippen molar-refractivity contribution in [3.63, 3.8) is 0 Å². The first kappa shape index (κ1) is 38.1. The van der Waals surface area contributed by atoms with Gasteiger partial charge in [0, 0.05) is 54.9 Å². The van der Waals surface area contributed by atoms with Crippen molar-refractivity contribution in [1.29, 1.82) is 0 Å². The van der Waals surface area contributed by atoms with Gasteiger partial charge in [0.05, 0.1) is 12.2 Å². The van der Waals surface area contributed by atoms with Crippen molar-refractivity contribution in [1.82, 2.24) is 20.3 Å². The number of nitrogens with zero attached hydrogens (tertiary/aromatic N) is 3. The molecule has 0 amide bonds. The molecule has 0 saturated heterocycles. The molecule has 7 nitrogen and oxygen atoms in total. The molecule has 0 saturated carbocycles. The highest BCUT2D eigenvalue weighted by atomic mass is 35.5. The van der Waals surface area contributed by atoms with E-state index in [-0.39, 0.29) is 0 Å². The summed E-state index contributed by atoms with van der Waals surface area (Å²) in [7, 11) is 3.96. The third kappa shape index (κ3) is 11.3. The Balaban J connectivity index is 0.000000705. The molecule has 8 heteroatoms. The smallest absolute Gasteiger partial charge is 0.140 e. The molecule has 0 fully saturated rings. The second-order valence-electron chi connectivity index (χ2n) is 10.1. The molecule has 0 spiro atoms. The molecule has 0 atom stereocenters. The molecule has 0 aliphatic rings. The molecule has 0 bridgehead atoms. The number of aryl methyl sites for hydroxylation is 1. The largest absolute Gasteiger partial charge is 0.400 e. The summed E-state index contributed by atoms with van der Waals surface area (Å²) < 4.78 is 0. The van der Waals surface area contributed by atoms with Gasteiger partial charge in [-0.3, -0.25) is 9.97 Å². The van der Waals surface area contributed by atoms with Crippen molar-refractivity contribution in [3.05, 3.63) is 108 Å². The second-order valence-corrected chi connectivity index (χ2v) is 10.5. The monoisotopic (exact) mass is 617 g/mol. The average molecular weight is 618 g/mol. The molecular weight excluding hydrogens is 570 g/mol. The number of halogens is 1. The third-order valence-electron chi connectivity index (χ3n) is 6.15. The maximum Gasteiger partial charge on any atom is 0.140 e. The molecule has 3 heterocycles. The molecule has 0 aliphatic heterocycles. The summed E-state index contributed by atoms with van der Waals surface area (Å²) in [5.41, 5.74) is 6.35. The zero-order chi connectivity index (χ0) is 33.1. The van der Waals surface area contributed by atoms with E-state index in [2.05, 4.69) is 77.8 Å². The lowest BCUT2D eigenvalue weighted by Gasteiger charge is -2.17. The van der Waals surface area contributed by atoms with E-state index >= 15 is 0 Å². The molecule has 0 aliphatic carbocycles. The number of hydrogen-bond donors (Lipinski definition) is 4. The standard InChI is InChI=1S/C27H21ClN4.C5H13N.C2H6.2CH4O/c1-18-14-20(16-29-15-18)24-23-12-7-11-22(19-8-3-2-4-9-19)25(23)27(32-26(24)28)31-17-21-10-5-6-13-30-21;1-5(2,3)6-4;3*1-2/h2-16H,17H2,1H3,(H,31,32);6H,1-4H3;1-2H3;2*2H,1H3. The molecule has 236 valence electrons. The van der Waals surface area contributed by atoms with Crippen LogP contribution in [0.2, 0.25) is 5.15 Å². The summed E-state index contributed by atoms with van der Waals surface area (Å²) in [6, 6.07) is 24.6. The van der Waals surface area contributed by atoms with Gasteiger partial charge in [0.2, 0.25) is 0 Å². The Morgan fingerprint density at radius 1 is 0.818 bits per heavy atom. The van der Waals surface area contributed by atoms with E-state index < -0.39 is 0 Å². The lowest BCUT2D eigenvalue weighted by atomic mass is 9.94. The first-order chi connectivity index (χ1) is 21.3. The quantitative estimate of drug-likeness (QED) is 0.147. The Kier molecular flexibility index (Phi) is 17.5. The number of benzene rings is 2. The highest BCUT2D eigenvalue weighted by Gasteiger charge is 2.18. The normalized spacial score (nSPS) is 10.0. The van der Waals surface area contributed by atoms with E-state index in [1.54, 1.807) is 6.20 Å². The van der Waals surface area contributed by atoms with Gasteiger partial charge in [-0.2, -0.15) is 0 Å². The van der Waals surface area contributed by atoms with E-state index in [0.29, 0.717) is 17.2 Å². The number of rotatable bonds is 5. The molecule has 2 aromatic carbocycles. The number of aliphatic hydroxyl groups is 2. The van der Waals surface area contributed by atoms with Crippen LogP contribution in [0.5, 0.6) is 0 Å². The van der Waals surface area contributed by atoms with Gasteiger partial charge >= 0.3 is 0 Å². The van der Waals surface area contributed by atoms with Crippen LogP contribution < -0.4 is 10.6 Å². The Morgan fingerprint density at radius 2 is 1.45 bits per heavy atom. The number of aromatic nitrogens is 3. The second kappa shape index (κ2) is 20.1. The van der Waals surface area contributed by atoms with Crippen LogP contribution in [0.15, 0.2) is 91.4 Å². The number of hydrogen-bond acceptors (Lipinski definition) is 7. The minimum atomic E-state index is 0.292. The fraction of sp³-hybridized carbons (Fsp3) is 0.306. The molecule has 44 heavy (non-hydrogen) atoms. The van der Waals surface area contributed by atoms with Crippen LogP contribution in [-0.4, -0.2) is 52.0 Å². The van der Waals surface area contributed by atoms with Gasteiger partial charge < -0.3 is 20.8 Å². The Hall–Kier alpha value is -3.88. The van der Waals surface area contributed by atoms with Gasteiger partial charge in [-0.05, 0) is 75.0 Å². The van der Waals surface area contributed by atoms with Crippen molar-refractivity contribution in [2.75, 3.05) is 26.6 Å². The van der Waals surface area contributed by atoms with Gasteiger partial charge in [-0.15, -0.1) is 0 Å². The number of aliphatic hydroxyl groups excluding tert-OH is 2. The van der Waals surface area contributed by atoms with Gasteiger partial charge in [-0.25, -0.2) is 4.98 Å². The van der Waals surface area contributed by atoms with Crippen LogP contribution in [0.25, 0.3) is 33.0 Å². The maximum atomic E-state index is 7.00. The molecule has 5 aromatic rings. The molecule has 4 N–H and O–H groups in total. The van der Waals surface area contributed by atoms with Crippen LogP contribution in [-0.2, 0) is 6.54 Å². The highest BCUT2D eigenvalue weighted by Crippen LogP contribution is 2.41. The average Bonchev–Trinajstić information content (AvgIpc) is 3.07. The Bertz CT molecular complexity index is 1510. The van der Waals surface area contributed by atoms with Crippen LogP contribution in [0, 0.1) is 6.92 Å². The lowest BCUT2D eigenvalue weighted by molar-refractivity contribution is 0.399. The summed E-state index contributed by atoms with van der Waals surface area (Å²) >= 11 is 6.78. The molecule has 5 rings (SSSR count). The molecule has 0 radical (unpaired) electrons. The summed E-state index contributed by atoms with van der Waals surface area (Å²) in [6.45, 7) is 13.0. The SMILES string of the molecule is CC.CNC(C)(C)C.CO.CO.Cc1cncc(-c2c(Cl)nc(NCc3ccccn3)c3c(-c4ccccc4)cccc23)c1. The number of nitrogens with one attached hydrogen (secondary N) is 2. The first-order valence-electron chi connectivity index (χ1n) is 14.6. The van der Waals surface area contributed by atoms with E-state index in [0.717, 1.165) is 64.3 Å². The highest BCUT2D eigenvalue weighted by molar-refractivity contribution is 6.34. The fourth-order valence-corrected chi connectivity index (χ4v) is 4.26. The number of fused-ring (bicyclic) bond motifs is 1. The Labute approximate surface area is 268 Å². The van der Waals surface area contributed by atoms with Gasteiger partial charge in [0.1, 0.15) is 11.0 Å². The van der Waals surface area contributed by atoms with E-state index in [9.17, 15) is 0 Å². The molecule has 0 unspecified atom stereocenters. The van der Waals surface area contributed by atoms with Gasteiger partial charge in [-0.1, -0.05) is 80.0 Å². The fourth-order valence-electron chi connectivity index (χ4n) is 3.97. The summed E-state index contributed by atoms with van der Waals surface area (Å²) in [4.78, 5) is 13.6. The van der Waals surface area contributed by atoms with Crippen LogP contribution >= 0.6 is 11.6 Å². The minimum Gasteiger partial charge on any atom is -0.400 e. The zero-order valence-corrected chi connectivity index (χ0v) is 28.2. The van der Waals surface area contributed by atoms with E-state index in [1.165, 1.54) is 0 Å². The first-order valence-corrected chi connectivity index (χ1v) is 15.0. The van der Waals surface area contributed by atoms with Gasteiger partial charge in [0.25, 0.3) is 0 Å². The predicted molar refractivity (Wildman–Crippen MR) is 188 cm³/mol. The van der Waals surface area contributed by atoms with Crippen molar-refractivity contribution < 1.29 is 10.2 Å². The third-order valence-corrected chi connectivity index (χ3v) is 6.42. The molecule has 3 aromatic heterocycles. The van der Waals surface area contributed by atoms with E-state index in [1.807, 2.05) is 76.6 Å². The minimum absolute atomic E-state index is 0.292. The van der Waals surface area contributed by atoms with Crippen molar-refractivity contribution in [3.8, 4) is 22.3 Å². The van der Waals surface area contributed by atoms with Crippen molar-refractivity contribution in [2.24, 2.45) is 0 Å². The summed E-state index contributed by atoms with van der Waals surface area (Å²) in [6.07, 6.45) is 5.47. The maximum absolute atomic E-state index is 7.00. The summed E-state index contributed by atoms with van der Waals surface area (Å²) in [5, 5.41) is 23.1.